The van der Waals surface area contributed by atoms with E-state index in [1.165, 1.54) is 5.56 Å². The van der Waals surface area contributed by atoms with E-state index in [9.17, 15) is 0 Å². The molecule has 3 aromatic rings. The van der Waals surface area contributed by atoms with E-state index in [0.717, 1.165) is 54.6 Å². The lowest BCUT2D eigenvalue weighted by Gasteiger charge is -2.37. The highest BCUT2D eigenvalue weighted by atomic mass is 32.1. The van der Waals surface area contributed by atoms with E-state index in [-0.39, 0.29) is 0 Å². The number of anilines is 1. The second-order valence-electron chi connectivity index (χ2n) is 7.01. The molecule has 0 saturated carbocycles. The minimum absolute atomic E-state index is 0.628. The van der Waals surface area contributed by atoms with Gasteiger partial charge in [0.2, 0.25) is 0 Å². The summed E-state index contributed by atoms with van der Waals surface area (Å²) >= 11 is 5.61. The summed E-state index contributed by atoms with van der Waals surface area (Å²) in [5, 5.41) is 5.10. The molecule has 0 amide bonds. The topological polar surface area (TPSA) is 62.8 Å². The van der Waals surface area contributed by atoms with Crippen molar-refractivity contribution >= 4 is 34.1 Å². The SMILES string of the molecule is COc1ccc2c(N3CCN(C(=S)NCc4ccccc4)CC3)ncnc2c1OC. The Bertz CT molecular complexity index is 1020. The van der Waals surface area contributed by atoms with E-state index in [0.29, 0.717) is 11.5 Å². The molecule has 1 N–H and O–H groups in total. The maximum absolute atomic E-state index is 5.61. The van der Waals surface area contributed by atoms with Crippen LogP contribution < -0.4 is 19.7 Å². The van der Waals surface area contributed by atoms with Crippen LogP contribution in [0.5, 0.6) is 11.5 Å². The van der Waals surface area contributed by atoms with Crippen molar-refractivity contribution in [3.63, 3.8) is 0 Å². The third-order valence-corrected chi connectivity index (χ3v) is 5.68. The first kappa shape index (κ1) is 20.2. The Balaban J connectivity index is 1.44. The highest BCUT2D eigenvalue weighted by Gasteiger charge is 2.23. The Morgan fingerprint density at radius 2 is 1.77 bits per heavy atom. The van der Waals surface area contributed by atoms with Crippen molar-refractivity contribution in [2.75, 3.05) is 45.3 Å². The van der Waals surface area contributed by atoms with Crippen LogP contribution in [0, 0.1) is 0 Å². The van der Waals surface area contributed by atoms with E-state index in [1.54, 1.807) is 20.5 Å². The molecule has 1 aliphatic rings. The zero-order valence-corrected chi connectivity index (χ0v) is 18.0. The molecule has 7 nitrogen and oxygen atoms in total. The van der Waals surface area contributed by atoms with Crippen LogP contribution in [0.3, 0.4) is 0 Å². The van der Waals surface area contributed by atoms with Gasteiger partial charge >= 0.3 is 0 Å². The number of hydrogen-bond donors (Lipinski definition) is 1. The number of fused-ring (bicyclic) bond motifs is 1. The van der Waals surface area contributed by atoms with Crippen LogP contribution in [-0.4, -0.2) is 60.4 Å². The average Bonchev–Trinajstić information content (AvgIpc) is 2.82. The number of nitrogens with one attached hydrogen (secondary N) is 1. The predicted molar refractivity (Wildman–Crippen MR) is 122 cm³/mol. The zero-order chi connectivity index (χ0) is 20.9. The summed E-state index contributed by atoms with van der Waals surface area (Å²) in [6, 6.07) is 14.2. The first-order valence-corrected chi connectivity index (χ1v) is 10.3. The molecular weight excluding hydrogens is 398 g/mol. The Labute approximate surface area is 181 Å². The molecule has 1 aliphatic heterocycles. The molecule has 0 aliphatic carbocycles. The van der Waals surface area contributed by atoms with Crippen molar-refractivity contribution in [2.24, 2.45) is 0 Å². The van der Waals surface area contributed by atoms with Gasteiger partial charge in [-0.2, -0.15) is 0 Å². The molecule has 0 bridgehead atoms. The lowest BCUT2D eigenvalue weighted by Crippen LogP contribution is -2.51. The molecule has 1 aromatic heterocycles. The van der Waals surface area contributed by atoms with E-state index in [2.05, 4.69) is 37.2 Å². The third kappa shape index (κ3) is 4.09. The Morgan fingerprint density at radius 3 is 2.47 bits per heavy atom. The van der Waals surface area contributed by atoms with Gasteiger partial charge in [-0.25, -0.2) is 9.97 Å². The molecule has 8 heteroatoms. The largest absolute Gasteiger partial charge is 0.493 e. The van der Waals surface area contributed by atoms with Gasteiger partial charge in [0.1, 0.15) is 17.7 Å². The monoisotopic (exact) mass is 423 g/mol. The Kier molecular flexibility index (Phi) is 6.13. The summed E-state index contributed by atoms with van der Waals surface area (Å²) in [5.41, 5.74) is 1.97. The Morgan fingerprint density at radius 1 is 1.00 bits per heavy atom. The van der Waals surface area contributed by atoms with Crippen molar-refractivity contribution in [3.05, 3.63) is 54.4 Å². The first-order valence-electron chi connectivity index (χ1n) is 9.88. The molecule has 156 valence electrons. The van der Waals surface area contributed by atoms with Gasteiger partial charge in [-0.15, -0.1) is 0 Å². The zero-order valence-electron chi connectivity index (χ0n) is 17.2. The predicted octanol–water partition coefficient (Wildman–Crippen LogP) is 2.84. The van der Waals surface area contributed by atoms with Gasteiger partial charge in [0.05, 0.1) is 14.2 Å². The van der Waals surface area contributed by atoms with E-state index in [4.69, 9.17) is 21.7 Å². The maximum atomic E-state index is 5.61. The number of methoxy groups -OCH3 is 2. The summed E-state index contributed by atoms with van der Waals surface area (Å²) in [4.78, 5) is 13.5. The smallest absolute Gasteiger partial charge is 0.187 e. The maximum Gasteiger partial charge on any atom is 0.187 e. The molecule has 4 rings (SSSR count). The van der Waals surface area contributed by atoms with Gasteiger partial charge in [0, 0.05) is 38.1 Å². The molecule has 2 aromatic carbocycles. The third-order valence-electron chi connectivity index (χ3n) is 5.28. The van der Waals surface area contributed by atoms with Crippen LogP contribution in [0.25, 0.3) is 10.9 Å². The minimum Gasteiger partial charge on any atom is -0.493 e. The molecule has 2 heterocycles. The summed E-state index contributed by atoms with van der Waals surface area (Å²) < 4.78 is 10.9. The van der Waals surface area contributed by atoms with Crippen LogP contribution in [0.1, 0.15) is 5.56 Å². The van der Waals surface area contributed by atoms with Gasteiger partial charge in [-0.1, -0.05) is 30.3 Å². The van der Waals surface area contributed by atoms with Crippen LogP contribution in [0.15, 0.2) is 48.8 Å². The van der Waals surface area contributed by atoms with E-state index >= 15 is 0 Å². The number of hydrogen-bond acceptors (Lipinski definition) is 6. The van der Waals surface area contributed by atoms with Gasteiger partial charge in [-0.3, -0.25) is 0 Å². The number of piperazine rings is 1. The van der Waals surface area contributed by atoms with Crippen LogP contribution in [0.4, 0.5) is 5.82 Å². The molecule has 30 heavy (non-hydrogen) atoms. The Hall–Kier alpha value is -3.13. The summed E-state index contributed by atoms with van der Waals surface area (Å²) in [7, 11) is 3.25. The average molecular weight is 424 g/mol. The minimum atomic E-state index is 0.628. The van der Waals surface area contributed by atoms with Crippen molar-refractivity contribution in [1.82, 2.24) is 20.2 Å². The second-order valence-corrected chi connectivity index (χ2v) is 7.40. The fourth-order valence-electron chi connectivity index (χ4n) is 3.69. The van der Waals surface area contributed by atoms with E-state index < -0.39 is 0 Å². The molecule has 0 atom stereocenters. The molecule has 0 unspecified atom stereocenters. The normalized spacial score (nSPS) is 13.9. The van der Waals surface area contributed by atoms with Crippen LogP contribution in [0.2, 0.25) is 0 Å². The van der Waals surface area contributed by atoms with E-state index in [1.807, 2.05) is 30.3 Å². The van der Waals surface area contributed by atoms with Crippen molar-refractivity contribution < 1.29 is 9.47 Å². The number of thiocarbonyl (C=S) groups is 1. The quantitative estimate of drug-likeness (QED) is 0.629. The highest BCUT2D eigenvalue weighted by molar-refractivity contribution is 7.80. The fourth-order valence-corrected chi connectivity index (χ4v) is 3.94. The second kappa shape index (κ2) is 9.13. The number of nitrogens with zero attached hydrogens (tertiary/aromatic N) is 4. The number of benzene rings is 2. The summed E-state index contributed by atoms with van der Waals surface area (Å²) in [5.74, 6) is 2.20. The number of ether oxygens (including phenoxy) is 2. The highest BCUT2D eigenvalue weighted by Crippen LogP contribution is 2.37. The van der Waals surface area contributed by atoms with Crippen molar-refractivity contribution in [3.8, 4) is 11.5 Å². The fraction of sp³-hybridized carbons (Fsp3) is 0.318. The molecular formula is C22H25N5O2S. The van der Waals surface area contributed by atoms with Crippen LogP contribution >= 0.6 is 12.2 Å². The first-order chi connectivity index (χ1) is 14.7. The van der Waals surface area contributed by atoms with Gasteiger partial charge in [0.25, 0.3) is 0 Å². The number of rotatable bonds is 5. The van der Waals surface area contributed by atoms with Gasteiger partial charge in [0.15, 0.2) is 16.6 Å². The summed E-state index contributed by atoms with van der Waals surface area (Å²) in [6.07, 6.45) is 1.58. The standard InChI is InChI=1S/C22H25N5O2S/c1-28-18-9-8-17-19(20(18)29-2)24-15-25-21(17)26-10-12-27(13-11-26)22(30)23-14-16-6-4-3-5-7-16/h3-9,15H,10-14H2,1-2H3,(H,23,30). The van der Waals surface area contributed by atoms with Crippen molar-refractivity contribution in [1.29, 1.82) is 0 Å². The molecule has 1 fully saturated rings. The summed E-state index contributed by atoms with van der Waals surface area (Å²) in [6.45, 7) is 4.05. The lowest BCUT2D eigenvalue weighted by molar-refractivity contribution is 0.358. The molecule has 0 radical (unpaired) electrons. The van der Waals surface area contributed by atoms with Crippen LogP contribution in [-0.2, 0) is 6.54 Å². The van der Waals surface area contributed by atoms with Gasteiger partial charge in [-0.05, 0) is 29.9 Å². The molecule has 1 saturated heterocycles. The molecule has 0 spiro atoms. The lowest BCUT2D eigenvalue weighted by atomic mass is 10.2. The van der Waals surface area contributed by atoms with Crippen molar-refractivity contribution in [2.45, 2.75) is 6.54 Å². The van der Waals surface area contributed by atoms with Gasteiger partial charge < -0.3 is 24.6 Å². The number of aromatic nitrogens is 2.